The van der Waals surface area contributed by atoms with Crippen LogP contribution in [-0.2, 0) is 11.3 Å². The van der Waals surface area contributed by atoms with Gasteiger partial charge in [0.15, 0.2) is 17.0 Å². The van der Waals surface area contributed by atoms with Gasteiger partial charge in [0.05, 0.1) is 17.6 Å². The minimum absolute atomic E-state index is 0.0269. The standard InChI is InChI=1S/C27H27N3O3/c31-25(29-27-24(15-8-16-28-27)33-18-19-9-2-1-3-10-19)17-30-22-13-6-4-11-20(22)26(32)21-12-5-7-14-23(21)30/h4-8,11-16,19H,1-3,9-10,17-18H2,(H,28,29,31). The molecule has 1 aliphatic carbocycles. The van der Waals surface area contributed by atoms with Crippen molar-refractivity contribution in [1.82, 2.24) is 9.55 Å². The quantitative estimate of drug-likeness (QED) is 0.420. The molecule has 0 unspecified atom stereocenters. The third-order valence-electron chi connectivity index (χ3n) is 6.41. The highest BCUT2D eigenvalue weighted by molar-refractivity contribution is 5.97. The second kappa shape index (κ2) is 9.45. The van der Waals surface area contributed by atoms with E-state index in [0.29, 0.717) is 34.9 Å². The molecule has 0 radical (unpaired) electrons. The Labute approximate surface area is 192 Å². The van der Waals surface area contributed by atoms with Crippen LogP contribution >= 0.6 is 0 Å². The lowest BCUT2D eigenvalue weighted by Gasteiger charge is -2.22. The van der Waals surface area contributed by atoms with Crippen molar-refractivity contribution >= 4 is 33.5 Å². The zero-order chi connectivity index (χ0) is 22.6. The molecule has 6 nitrogen and oxygen atoms in total. The van der Waals surface area contributed by atoms with Gasteiger partial charge in [-0.3, -0.25) is 9.59 Å². The van der Waals surface area contributed by atoms with E-state index in [0.717, 1.165) is 11.0 Å². The van der Waals surface area contributed by atoms with E-state index in [1.54, 1.807) is 18.3 Å². The minimum atomic E-state index is -0.227. The lowest BCUT2D eigenvalue weighted by molar-refractivity contribution is -0.116. The van der Waals surface area contributed by atoms with E-state index < -0.39 is 0 Å². The summed E-state index contributed by atoms with van der Waals surface area (Å²) in [6, 6.07) is 18.4. The molecule has 1 fully saturated rings. The van der Waals surface area contributed by atoms with Crippen LogP contribution in [0.4, 0.5) is 5.82 Å². The van der Waals surface area contributed by atoms with Crippen LogP contribution in [0.15, 0.2) is 71.7 Å². The summed E-state index contributed by atoms with van der Waals surface area (Å²) in [4.78, 5) is 30.4. The molecular weight excluding hydrogens is 414 g/mol. The van der Waals surface area contributed by atoms with Crippen LogP contribution in [0.5, 0.6) is 5.75 Å². The van der Waals surface area contributed by atoms with Crippen LogP contribution in [0.1, 0.15) is 32.1 Å². The number of rotatable bonds is 6. The number of hydrogen-bond acceptors (Lipinski definition) is 4. The predicted octanol–water partition coefficient (Wildman–Crippen LogP) is 5.15. The molecule has 168 valence electrons. The maximum absolute atomic E-state index is 13.1. The van der Waals surface area contributed by atoms with Gasteiger partial charge >= 0.3 is 0 Å². The molecule has 0 spiro atoms. The molecule has 5 rings (SSSR count). The highest BCUT2D eigenvalue weighted by Gasteiger charge is 2.17. The van der Waals surface area contributed by atoms with Crippen LogP contribution in [-0.4, -0.2) is 22.1 Å². The lowest BCUT2D eigenvalue weighted by Crippen LogP contribution is -2.22. The van der Waals surface area contributed by atoms with Crippen molar-refractivity contribution in [1.29, 1.82) is 0 Å². The van der Waals surface area contributed by atoms with Gasteiger partial charge in [-0.05, 0) is 55.2 Å². The Morgan fingerprint density at radius 1 is 0.939 bits per heavy atom. The number of aromatic nitrogens is 2. The monoisotopic (exact) mass is 441 g/mol. The van der Waals surface area contributed by atoms with Crippen molar-refractivity contribution in [3.63, 3.8) is 0 Å². The molecule has 0 aliphatic heterocycles. The van der Waals surface area contributed by atoms with Crippen molar-refractivity contribution in [2.45, 2.75) is 38.6 Å². The smallest absolute Gasteiger partial charge is 0.245 e. The number of ether oxygens (including phenoxy) is 1. The fraction of sp³-hybridized carbons (Fsp3) is 0.296. The largest absolute Gasteiger partial charge is 0.489 e. The summed E-state index contributed by atoms with van der Waals surface area (Å²) in [6.45, 7) is 0.698. The molecule has 0 atom stereocenters. The molecule has 6 heteroatoms. The van der Waals surface area contributed by atoms with Crippen molar-refractivity contribution in [2.24, 2.45) is 5.92 Å². The second-order valence-corrected chi connectivity index (χ2v) is 8.66. The molecule has 2 aromatic carbocycles. The number of nitrogens with zero attached hydrogens (tertiary/aromatic N) is 2. The van der Waals surface area contributed by atoms with Crippen molar-refractivity contribution in [3.05, 3.63) is 77.1 Å². The first-order valence-electron chi connectivity index (χ1n) is 11.6. The van der Waals surface area contributed by atoms with Gasteiger partial charge in [-0.1, -0.05) is 43.5 Å². The van der Waals surface area contributed by atoms with Gasteiger partial charge < -0.3 is 14.6 Å². The Balaban J connectivity index is 1.40. The number of nitrogens with one attached hydrogen (secondary N) is 1. The Bertz CT molecular complexity index is 1300. The van der Waals surface area contributed by atoms with E-state index in [-0.39, 0.29) is 17.9 Å². The van der Waals surface area contributed by atoms with Gasteiger partial charge in [0.2, 0.25) is 5.91 Å². The van der Waals surface area contributed by atoms with E-state index in [4.69, 9.17) is 4.74 Å². The Hall–Kier alpha value is -3.67. The minimum Gasteiger partial charge on any atom is -0.489 e. The number of hydrogen-bond donors (Lipinski definition) is 1. The first kappa shape index (κ1) is 21.2. The molecule has 33 heavy (non-hydrogen) atoms. The maximum Gasteiger partial charge on any atom is 0.245 e. The van der Waals surface area contributed by atoms with E-state index >= 15 is 0 Å². The third-order valence-corrected chi connectivity index (χ3v) is 6.41. The molecule has 1 amide bonds. The van der Waals surface area contributed by atoms with E-state index in [1.807, 2.05) is 53.1 Å². The number of carbonyl (C=O) groups excluding carboxylic acids is 1. The van der Waals surface area contributed by atoms with Gasteiger partial charge in [0.1, 0.15) is 6.54 Å². The van der Waals surface area contributed by atoms with Gasteiger partial charge in [-0.25, -0.2) is 4.98 Å². The molecule has 1 saturated carbocycles. The number of amides is 1. The number of benzene rings is 2. The normalized spacial score (nSPS) is 14.4. The van der Waals surface area contributed by atoms with Gasteiger partial charge in [-0.15, -0.1) is 0 Å². The first-order valence-corrected chi connectivity index (χ1v) is 11.6. The fourth-order valence-corrected chi connectivity index (χ4v) is 4.72. The van der Waals surface area contributed by atoms with E-state index in [9.17, 15) is 9.59 Å². The lowest BCUT2D eigenvalue weighted by atomic mass is 9.90. The average Bonchev–Trinajstić information content (AvgIpc) is 2.87. The zero-order valence-corrected chi connectivity index (χ0v) is 18.5. The van der Waals surface area contributed by atoms with Gasteiger partial charge in [0.25, 0.3) is 0 Å². The van der Waals surface area contributed by atoms with Crippen molar-refractivity contribution in [3.8, 4) is 5.75 Å². The molecular formula is C27H27N3O3. The topological polar surface area (TPSA) is 73.2 Å². The first-order chi connectivity index (χ1) is 16.2. The SMILES string of the molecule is O=C(Cn1c2ccccc2c(=O)c2ccccc21)Nc1ncccc1OCC1CCCCC1. The number of para-hydroxylation sites is 2. The number of pyridine rings is 2. The van der Waals surface area contributed by atoms with Crippen LogP contribution in [0.2, 0.25) is 0 Å². The average molecular weight is 442 g/mol. The zero-order valence-electron chi connectivity index (χ0n) is 18.5. The van der Waals surface area contributed by atoms with Crippen molar-refractivity contribution in [2.75, 3.05) is 11.9 Å². The summed E-state index contributed by atoms with van der Waals surface area (Å²) in [5.41, 5.74) is 1.43. The molecule has 2 heterocycles. The molecule has 0 bridgehead atoms. The molecule has 1 aliphatic rings. The van der Waals surface area contributed by atoms with Crippen LogP contribution in [0, 0.1) is 5.92 Å². The van der Waals surface area contributed by atoms with Gasteiger partial charge in [0, 0.05) is 17.0 Å². The van der Waals surface area contributed by atoms with Gasteiger partial charge in [-0.2, -0.15) is 0 Å². The number of fused-ring (bicyclic) bond motifs is 2. The maximum atomic E-state index is 13.1. The van der Waals surface area contributed by atoms with Crippen molar-refractivity contribution < 1.29 is 9.53 Å². The van der Waals surface area contributed by atoms with E-state index in [1.165, 1.54) is 32.1 Å². The van der Waals surface area contributed by atoms with Crippen LogP contribution < -0.4 is 15.5 Å². The molecule has 4 aromatic rings. The highest BCUT2D eigenvalue weighted by Crippen LogP contribution is 2.27. The van der Waals surface area contributed by atoms with Crippen LogP contribution in [0.25, 0.3) is 21.8 Å². The summed E-state index contributed by atoms with van der Waals surface area (Å²) < 4.78 is 7.94. The second-order valence-electron chi connectivity index (χ2n) is 8.66. The fourth-order valence-electron chi connectivity index (χ4n) is 4.72. The van der Waals surface area contributed by atoms with E-state index in [2.05, 4.69) is 10.3 Å². The summed E-state index contributed by atoms with van der Waals surface area (Å²) in [5, 5.41) is 4.11. The summed E-state index contributed by atoms with van der Waals surface area (Å²) in [5.74, 6) is 1.34. The predicted molar refractivity (Wildman–Crippen MR) is 131 cm³/mol. The third kappa shape index (κ3) is 4.46. The summed E-state index contributed by atoms with van der Waals surface area (Å²) in [7, 11) is 0. The highest BCUT2D eigenvalue weighted by atomic mass is 16.5. The number of anilines is 1. The molecule has 0 saturated heterocycles. The summed E-state index contributed by atoms with van der Waals surface area (Å²) in [6.07, 6.45) is 7.84. The Morgan fingerprint density at radius 2 is 1.61 bits per heavy atom. The number of carbonyl (C=O) groups is 1. The molecule has 1 N–H and O–H groups in total. The Kier molecular flexibility index (Phi) is 6.07. The van der Waals surface area contributed by atoms with Crippen LogP contribution in [0.3, 0.4) is 0 Å². The summed E-state index contributed by atoms with van der Waals surface area (Å²) >= 11 is 0. The molecule has 2 aromatic heterocycles. The Morgan fingerprint density at radius 3 is 2.30 bits per heavy atom.